The summed E-state index contributed by atoms with van der Waals surface area (Å²) in [5, 5.41) is 5.27. The van der Waals surface area contributed by atoms with Crippen molar-refractivity contribution in [2.45, 2.75) is 12.6 Å². The number of carbonyl (C=O) groups is 1. The molecule has 28 heavy (non-hydrogen) atoms. The quantitative estimate of drug-likeness (QED) is 0.645. The second-order valence-corrected chi connectivity index (χ2v) is 6.46. The van der Waals surface area contributed by atoms with E-state index >= 15 is 0 Å². The Labute approximate surface area is 159 Å². The lowest BCUT2D eigenvalue weighted by Crippen LogP contribution is -2.46. The summed E-state index contributed by atoms with van der Waals surface area (Å²) in [6, 6.07) is 15.7. The molecule has 142 valence electrons. The highest BCUT2D eigenvalue weighted by Gasteiger charge is 2.30. The molecule has 4 rings (SSSR count). The number of nitrogens with one attached hydrogen (secondary N) is 3. The summed E-state index contributed by atoms with van der Waals surface area (Å²) in [5.74, 6) is 0.787. The standard InChI is InChI=1S/C20H18N4O4/c1-24-17-15(18(25)23-20(24)27)16(21-19(26)22-17)13-8-5-9-14(10-13)28-11-12-6-3-2-4-7-12/h2-10,16H,11H2,1H3,(H2,21,22,26)(H,23,25,27). The van der Waals surface area contributed by atoms with Crippen LogP contribution >= 0.6 is 0 Å². The molecule has 0 bridgehead atoms. The van der Waals surface area contributed by atoms with Gasteiger partial charge in [0.05, 0.1) is 11.6 Å². The number of nitrogens with zero attached hydrogens (tertiary/aromatic N) is 1. The lowest BCUT2D eigenvalue weighted by atomic mass is 9.98. The molecule has 1 aliphatic heterocycles. The third-order valence-corrected chi connectivity index (χ3v) is 4.60. The van der Waals surface area contributed by atoms with Crippen molar-refractivity contribution in [2.75, 3.05) is 5.32 Å². The number of rotatable bonds is 4. The minimum absolute atomic E-state index is 0.179. The van der Waals surface area contributed by atoms with Gasteiger partial charge in [0.2, 0.25) is 0 Å². The van der Waals surface area contributed by atoms with Crippen LogP contribution in [-0.2, 0) is 13.7 Å². The summed E-state index contributed by atoms with van der Waals surface area (Å²) in [4.78, 5) is 38.7. The molecule has 0 spiro atoms. The lowest BCUT2D eigenvalue weighted by Gasteiger charge is -2.27. The SMILES string of the molecule is Cn1c2c(c(=O)[nH]c1=O)C(c1cccc(OCc3ccccc3)c1)NC(=O)N2. The Bertz CT molecular complexity index is 1150. The zero-order valence-corrected chi connectivity index (χ0v) is 15.1. The molecule has 2 aromatic carbocycles. The van der Waals surface area contributed by atoms with Crippen molar-refractivity contribution >= 4 is 11.8 Å². The first-order valence-electron chi connectivity index (χ1n) is 8.70. The van der Waals surface area contributed by atoms with Crippen LogP contribution in [0.2, 0.25) is 0 Å². The Morgan fingerprint density at radius 1 is 1.04 bits per heavy atom. The number of hydrogen-bond acceptors (Lipinski definition) is 4. The number of ether oxygens (including phenoxy) is 1. The molecular weight excluding hydrogens is 360 g/mol. The fourth-order valence-corrected chi connectivity index (χ4v) is 3.18. The van der Waals surface area contributed by atoms with Crippen LogP contribution in [0, 0.1) is 0 Å². The van der Waals surface area contributed by atoms with Gasteiger partial charge in [0, 0.05) is 7.05 Å². The number of aromatic amines is 1. The Kier molecular flexibility index (Phi) is 4.44. The maximum Gasteiger partial charge on any atom is 0.329 e. The van der Waals surface area contributed by atoms with Crippen molar-refractivity contribution in [3.63, 3.8) is 0 Å². The van der Waals surface area contributed by atoms with E-state index in [0.29, 0.717) is 17.9 Å². The highest BCUT2D eigenvalue weighted by Crippen LogP contribution is 2.29. The zero-order valence-electron chi connectivity index (χ0n) is 15.1. The smallest absolute Gasteiger partial charge is 0.329 e. The van der Waals surface area contributed by atoms with Gasteiger partial charge in [-0.05, 0) is 23.3 Å². The molecule has 2 heterocycles. The monoisotopic (exact) mass is 378 g/mol. The number of hydrogen-bond donors (Lipinski definition) is 3. The molecule has 3 N–H and O–H groups in total. The normalized spacial score (nSPS) is 15.3. The third-order valence-electron chi connectivity index (χ3n) is 4.60. The van der Waals surface area contributed by atoms with Crippen LogP contribution in [0.4, 0.5) is 10.6 Å². The molecule has 1 unspecified atom stereocenters. The Morgan fingerprint density at radius 2 is 1.82 bits per heavy atom. The molecule has 0 saturated carbocycles. The van der Waals surface area contributed by atoms with Gasteiger partial charge in [0.1, 0.15) is 18.2 Å². The number of aromatic nitrogens is 2. The van der Waals surface area contributed by atoms with E-state index in [4.69, 9.17) is 4.74 Å². The average molecular weight is 378 g/mol. The van der Waals surface area contributed by atoms with Gasteiger partial charge in [-0.2, -0.15) is 0 Å². The van der Waals surface area contributed by atoms with Crippen LogP contribution in [0.5, 0.6) is 5.75 Å². The Morgan fingerprint density at radius 3 is 2.61 bits per heavy atom. The molecule has 0 radical (unpaired) electrons. The Hall–Kier alpha value is -3.81. The number of fused-ring (bicyclic) bond motifs is 1. The first-order valence-corrected chi connectivity index (χ1v) is 8.70. The molecule has 1 atom stereocenters. The summed E-state index contributed by atoms with van der Waals surface area (Å²) >= 11 is 0. The van der Waals surface area contributed by atoms with Crippen LogP contribution in [0.15, 0.2) is 64.2 Å². The van der Waals surface area contributed by atoms with Gasteiger partial charge in [-0.1, -0.05) is 42.5 Å². The van der Waals surface area contributed by atoms with Crippen LogP contribution in [0.25, 0.3) is 0 Å². The van der Waals surface area contributed by atoms with Crippen LogP contribution < -0.4 is 26.6 Å². The van der Waals surface area contributed by atoms with Crippen LogP contribution in [0.1, 0.15) is 22.7 Å². The fraction of sp³-hybridized carbons (Fsp3) is 0.150. The lowest BCUT2D eigenvalue weighted by molar-refractivity contribution is 0.248. The van der Waals surface area contributed by atoms with E-state index in [2.05, 4.69) is 15.6 Å². The van der Waals surface area contributed by atoms with Gasteiger partial charge >= 0.3 is 11.7 Å². The fourth-order valence-electron chi connectivity index (χ4n) is 3.18. The molecule has 0 saturated heterocycles. The molecule has 8 heteroatoms. The number of carbonyl (C=O) groups excluding carboxylic acids is 1. The summed E-state index contributed by atoms with van der Waals surface area (Å²) in [6.07, 6.45) is 0. The predicted molar refractivity (Wildman–Crippen MR) is 104 cm³/mol. The van der Waals surface area contributed by atoms with Gasteiger partial charge in [-0.25, -0.2) is 9.59 Å². The minimum Gasteiger partial charge on any atom is -0.489 e. The summed E-state index contributed by atoms with van der Waals surface area (Å²) in [6.45, 7) is 0.397. The molecule has 0 fully saturated rings. The maximum absolute atomic E-state index is 12.4. The van der Waals surface area contributed by atoms with Crippen LogP contribution in [0.3, 0.4) is 0 Å². The molecule has 1 aromatic heterocycles. The van der Waals surface area contributed by atoms with E-state index in [1.165, 1.54) is 11.6 Å². The molecule has 8 nitrogen and oxygen atoms in total. The number of anilines is 1. The van der Waals surface area contributed by atoms with Crippen molar-refractivity contribution < 1.29 is 9.53 Å². The minimum atomic E-state index is -0.709. The first kappa shape index (κ1) is 17.6. The second kappa shape index (κ2) is 7.07. The van der Waals surface area contributed by atoms with Crippen molar-refractivity contribution in [2.24, 2.45) is 7.05 Å². The van der Waals surface area contributed by atoms with E-state index in [-0.39, 0.29) is 11.4 Å². The van der Waals surface area contributed by atoms with Crippen molar-refractivity contribution in [1.29, 1.82) is 0 Å². The predicted octanol–water partition coefficient (Wildman–Crippen LogP) is 1.88. The topological polar surface area (TPSA) is 105 Å². The van der Waals surface area contributed by atoms with E-state index in [1.807, 2.05) is 30.3 Å². The number of urea groups is 1. The molecule has 0 aliphatic carbocycles. The molecule has 2 amide bonds. The zero-order chi connectivity index (χ0) is 19.7. The maximum atomic E-state index is 12.4. The van der Waals surface area contributed by atoms with Gasteiger partial charge in [-0.15, -0.1) is 0 Å². The van der Waals surface area contributed by atoms with Gasteiger partial charge in [0.25, 0.3) is 5.56 Å². The molecule has 1 aliphatic rings. The largest absolute Gasteiger partial charge is 0.489 e. The van der Waals surface area contributed by atoms with Crippen molar-refractivity contribution in [3.8, 4) is 5.75 Å². The van der Waals surface area contributed by atoms with Crippen molar-refractivity contribution in [3.05, 3.63) is 92.1 Å². The van der Waals surface area contributed by atoms with E-state index in [9.17, 15) is 14.4 Å². The second-order valence-electron chi connectivity index (χ2n) is 6.46. The molecular formula is C20H18N4O4. The van der Waals surface area contributed by atoms with Crippen LogP contribution in [-0.4, -0.2) is 15.6 Å². The summed E-state index contributed by atoms with van der Waals surface area (Å²) in [5.41, 5.74) is 0.823. The average Bonchev–Trinajstić information content (AvgIpc) is 2.71. The summed E-state index contributed by atoms with van der Waals surface area (Å²) < 4.78 is 7.05. The summed E-state index contributed by atoms with van der Waals surface area (Å²) in [7, 11) is 1.49. The van der Waals surface area contributed by atoms with E-state index in [0.717, 1.165) is 5.56 Å². The van der Waals surface area contributed by atoms with Gasteiger partial charge in [0.15, 0.2) is 0 Å². The van der Waals surface area contributed by atoms with Gasteiger partial charge < -0.3 is 10.1 Å². The van der Waals surface area contributed by atoms with E-state index in [1.54, 1.807) is 24.3 Å². The van der Waals surface area contributed by atoms with Crippen molar-refractivity contribution in [1.82, 2.24) is 14.9 Å². The Balaban J connectivity index is 1.69. The highest BCUT2D eigenvalue weighted by molar-refractivity contribution is 5.92. The number of amides is 2. The first-order chi connectivity index (χ1) is 13.5. The number of benzene rings is 2. The highest BCUT2D eigenvalue weighted by atomic mass is 16.5. The van der Waals surface area contributed by atoms with E-state index < -0.39 is 23.3 Å². The third kappa shape index (κ3) is 3.27. The van der Waals surface area contributed by atoms with Gasteiger partial charge in [-0.3, -0.25) is 19.7 Å². The molecule has 3 aromatic rings. The number of H-pyrrole nitrogens is 1.